The molecule has 0 spiro atoms. The summed E-state index contributed by atoms with van der Waals surface area (Å²) in [5.41, 5.74) is 11.2. The lowest BCUT2D eigenvalue weighted by atomic mass is 10.0. The minimum atomic E-state index is -1.20. The van der Waals surface area contributed by atoms with E-state index < -0.39 is 17.4 Å². The first-order valence-corrected chi connectivity index (χ1v) is 8.86. The molecule has 0 radical (unpaired) electrons. The number of hydrogen-bond donors (Lipinski definition) is 3. The van der Waals surface area contributed by atoms with Crippen molar-refractivity contribution in [2.45, 2.75) is 45.1 Å². The van der Waals surface area contributed by atoms with E-state index in [2.05, 4.69) is 10.3 Å². The van der Waals surface area contributed by atoms with Gasteiger partial charge in [-0.3, -0.25) is 14.6 Å². The highest BCUT2D eigenvalue weighted by Gasteiger charge is 2.29. The number of ether oxygens (including phenoxy) is 1. The number of carbonyl (C=O) groups is 2. The van der Waals surface area contributed by atoms with Crippen LogP contribution >= 0.6 is 0 Å². The predicted molar refractivity (Wildman–Crippen MR) is 102 cm³/mol. The molecule has 0 aliphatic heterocycles. The molecule has 26 heavy (non-hydrogen) atoms. The minimum absolute atomic E-state index is 0.128. The molecule has 5 N–H and O–H groups in total. The van der Waals surface area contributed by atoms with E-state index in [-0.39, 0.29) is 5.71 Å². The SMILES string of the molecule is CN=C(C(=O)NC(C)(C)C(N)=O)c1cc(OCC2CCCC2)ccc1N. The highest BCUT2D eigenvalue weighted by molar-refractivity contribution is 6.46. The van der Waals surface area contributed by atoms with Gasteiger partial charge in [0.15, 0.2) is 0 Å². The predicted octanol–water partition coefficient (Wildman–Crippen LogP) is 1.64. The van der Waals surface area contributed by atoms with Gasteiger partial charge in [-0.1, -0.05) is 12.8 Å². The molecule has 7 nitrogen and oxygen atoms in total. The molecule has 1 fully saturated rings. The van der Waals surface area contributed by atoms with Crippen molar-refractivity contribution >= 4 is 23.2 Å². The highest BCUT2D eigenvalue weighted by atomic mass is 16.5. The molecular weight excluding hydrogens is 332 g/mol. The van der Waals surface area contributed by atoms with E-state index in [1.807, 2.05) is 0 Å². The van der Waals surface area contributed by atoms with Crippen LogP contribution in [0.15, 0.2) is 23.2 Å². The van der Waals surface area contributed by atoms with Crippen molar-refractivity contribution < 1.29 is 14.3 Å². The largest absolute Gasteiger partial charge is 0.493 e. The van der Waals surface area contributed by atoms with Crippen LogP contribution in [0.25, 0.3) is 0 Å². The molecule has 2 amide bonds. The zero-order chi connectivity index (χ0) is 19.3. The Bertz CT molecular complexity index is 707. The van der Waals surface area contributed by atoms with E-state index in [4.69, 9.17) is 16.2 Å². The third kappa shape index (κ3) is 4.74. The third-order valence-corrected chi connectivity index (χ3v) is 4.72. The van der Waals surface area contributed by atoms with Gasteiger partial charge in [0.2, 0.25) is 5.91 Å². The summed E-state index contributed by atoms with van der Waals surface area (Å²) in [5, 5.41) is 2.59. The van der Waals surface area contributed by atoms with Crippen LogP contribution in [-0.2, 0) is 9.59 Å². The number of nitrogens with two attached hydrogens (primary N) is 2. The fourth-order valence-corrected chi connectivity index (χ4v) is 2.97. The van der Waals surface area contributed by atoms with Crippen molar-refractivity contribution in [3.8, 4) is 5.75 Å². The van der Waals surface area contributed by atoms with Gasteiger partial charge in [0.1, 0.15) is 17.0 Å². The zero-order valence-electron chi connectivity index (χ0n) is 15.7. The maximum Gasteiger partial charge on any atom is 0.270 e. The first-order chi connectivity index (χ1) is 12.2. The summed E-state index contributed by atoms with van der Waals surface area (Å²) < 4.78 is 5.88. The quantitative estimate of drug-likeness (QED) is 0.505. The Morgan fingerprint density at radius 1 is 1.31 bits per heavy atom. The molecule has 1 aliphatic rings. The van der Waals surface area contributed by atoms with Crippen molar-refractivity contribution in [2.24, 2.45) is 16.6 Å². The number of primary amides is 1. The number of nitrogen functional groups attached to an aromatic ring is 1. The van der Waals surface area contributed by atoms with Gasteiger partial charge in [0.25, 0.3) is 5.91 Å². The molecule has 0 atom stereocenters. The summed E-state index contributed by atoms with van der Waals surface area (Å²) in [5.74, 6) is 0.0676. The second-order valence-electron chi connectivity index (χ2n) is 7.23. The van der Waals surface area contributed by atoms with Crippen LogP contribution in [0, 0.1) is 5.92 Å². The molecule has 1 saturated carbocycles. The van der Waals surface area contributed by atoms with Crippen molar-refractivity contribution in [1.82, 2.24) is 5.32 Å². The maximum absolute atomic E-state index is 12.6. The van der Waals surface area contributed by atoms with Crippen LogP contribution in [0.5, 0.6) is 5.75 Å². The van der Waals surface area contributed by atoms with Crippen LogP contribution in [0.1, 0.15) is 45.1 Å². The summed E-state index contributed by atoms with van der Waals surface area (Å²) in [7, 11) is 1.50. The van der Waals surface area contributed by atoms with Crippen molar-refractivity contribution in [1.29, 1.82) is 0 Å². The molecule has 2 rings (SSSR count). The Morgan fingerprint density at radius 3 is 2.54 bits per heavy atom. The van der Waals surface area contributed by atoms with E-state index in [9.17, 15) is 9.59 Å². The van der Waals surface area contributed by atoms with E-state index in [1.165, 1.54) is 46.6 Å². The summed E-state index contributed by atoms with van der Waals surface area (Å²) in [4.78, 5) is 28.1. The Labute approximate surface area is 154 Å². The van der Waals surface area contributed by atoms with Crippen molar-refractivity contribution in [3.63, 3.8) is 0 Å². The standard InChI is InChI=1S/C19H28N4O3/c1-19(2,18(21)25)23-17(24)16(22-3)14-10-13(8-9-15(14)20)26-11-12-6-4-5-7-12/h8-10,12H,4-7,11,20H2,1-3H3,(H2,21,25)(H,23,24). The molecule has 1 aromatic rings. The molecule has 0 unspecified atom stereocenters. The van der Waals surface area contributed by atoms with Gasteiger partial charge in [-0.25, -0.2) is 0 Å². The Hall–Kier alpha value is -2.57. The van der Waals surface area contributed by atoms with E-state index in [0.29, 0.717) is 29.5 Å². The Kier molecular flexibility index (Phi) is 6.23. The van der Waals surface area contributed by atoms with Gasteiger partial charge in [0.05, 0.1) is 6.61 Å². The Morgan fingerprint density at radius 2 is 1.96 bits per heavy atom. The second kappa shape index (κ2) is 8.21. The average Bonchev–Trinajstić information content (AvgIpc) is 3.08. The average molecular weight is 360 g/mol. The van der Waals surface area contributed by atoms with Crippen LogP contribution < -0.4 is 21.5 Å². The summed E-state index contributed by atoms with van der Waals surface area (Å²) in [6.07, 6.45) is 4.88. The number of carbonyl (C=O) groups excluding carboxylic acids is 2. The van der Waals surface area contributed by atoms with E-state index >= 15 is 0 Å². The normalized spacial score (nSPS) is 15.7. The summed E-state index contributed by atoms with van der Waals surface area (Å²) in [6, 6.07) is 5.19. The Balaban J connectivity index is 2.17. The lowest BCUT2D eigenvalue weighted by molar-refractivity contribution is -0.127. The molecule has 0 saturated heterocycles. The number of amides is 2. The number of aliphatic imine (C=N–C) groups is 1. The van der Waals surface area contributed by atoms with Crippen molar-refractivity contribution in [2.75, 3.05) is 19.4 Å². The molecule has 0 bridgehead atoms. The van der Waals surface area contributed by atoms with Crippen LogP contribution in [-0.4, -0.2) is 36.7 Å². The van der Waals surface area contributed by atoms with Gasteiger partial charge >= 0.3 is 0 Å². The first kappa shape index (κ1) is 19.8. The lowest BCUT2D eigenvalue weighted by Crippen LogP contribution is -2.54. The zero-order valence-corrected chi connectivity index (χ0v) is 15.7. The fraction of sp³-hybridized carbons (Fsp3) is 0.526. The number of nitrogens with zero attached hydrogens (tertiary/aromatic N) is 1. The number of anilines is 1. The monoisotopic (exact) mass is 360 g/mol. The first-order valence-electron chi connectivity index (χ1n) is 8.86. The molecule has 7 heteroatoms. The number of benzene rings is 1. The lowest BCUT2D eigenvalue weighted by Gasteiger charge is -2.23. The van der Waals surface area contributed by atoms with Crippen LogP contribution in [0.4, 0.5) is 5.69 Å². The summed E-state index contributed by atoms with van der Waals surface area (Å²) >= 11 is 0. The fourth-order valence-electron chi connectivity index (χ4n) is 2.97. The van der Waals surface area contributed by atoms with Gasteiger partial charge in [-0.15, -0.1) is 0 Å². The topological polar surface area (TPSA) is 120 Å². The molecule has 0 aromatic heterocycles. The number of rotatable bonds is 7. The molecule has 0 heterocycles. The number of hydrogen-bond acceptors (Lipinski definition) is 5. The summed E-state index contributed by atoms with van der Waals surface area (Å²) in [6.45, 7) is 3.72. The minimum Gasteiger partial charge on any atom is -0.493 e. The molecule has 1 aliphatic carbocycles. The van der Waals surface area contributed by atoms with E-state index in [0.717, 1.165) is 0 Å². The van der Waals surface area contributed by atoms with Crippen LogP contribution in [0.3, 0.4) is 0 Å². The molecular formula is C19H28N4O3. The van der Waals surface area contributed by atoms with Gasteiger partial charge < -0.3 is 21.5 Å². The maximum atomic E-state index is 12.6. The highest BCUT2D eigenvalue weighted by Crippen LogP contribution is 2.27. The van der Waals surface area contributed by atoms with Crippen molar-refractivity contribution in [3.05, 3.63) is 23.8 Å². The van der Waals surface area contributed by atoms with Crippen LogP contribution in [0.2, 0.25) is 0 Å². The molecule has 1 aromatic carbocycles. The smallest absolute Gasteiger partial charge is 0.270 e. The molecule has 142 valence electrons. The van der Waals surface area contributed by atoms with Gasteiger partial charge in [-0.05, 0) is 50.8 Å². The van der Waals surface area contributed by atoms with Gasteiger partial charge in [-0.2, -0.15) is 0 Å². The van der Waals surface area contributed by atoms with E-state index in [1.54, 1.807) is 18.2 Å². The second-order valence-corrected chi connectivity index (χ2v) is 7.23. The van der Waals surface area contributed by atoms with Gasteiger partial charge in [0, 0.05) is 18.3 Å². The number of nitrogens with one attached hydrogen (secondary N) is 1. The third-order valence-electron chi connectivity index (χ3n) is 4.72.